The first-order chi connectivity index (χ1) is 14.9. The minimum Gasteiger partial charge on any atom is -0.489 e. The van der Waals surface area contributed by atoms with Crippen molar-refractivity contribution in [2.75, 3.05) is 11.9 Å². The molecule has 150 valence electrons. The number of nitrogens with zero attached hydrogens (tertiary/aromatic N) is 3. The van der Waals surface area contributed by atoms with Gasteiger partial charge in [-0.25, -0.2) is 4.68 Å². The molecule has 0 atom stereocenters. The molecule has 0 radical (unpaired) electrons. The maximum absolute atomic E-state index is 5.94. The van der Waals surface area contributed by atoms with Gasteiger partial charge in [-0.1, -0.05) is 30.3 Å². The summed E-state index contributed by atoms with van der Waals surface area (Å²) < 4.78 is 7.95. The van der Waals surface area contributed by atoms with E-state index in [-0.39, 0.29) is 0 Å². The number of pyridine rings is 1. The van der Waals surface area contributed by atoms with Gasteiger partial charge in [0.1, 0.15) is 18.2 Å². The summed E-state index contributed by atoms with van der Waals surface area (Å²) in [5.41, 5.74) is 5.51. The van der Waals surface area contributed by atoms with Gasteiger partial charge in [-0.2, -0.15) is 5.10 Å². The van der Waals surface area contributed by atoms with Crippen LogP contribution in [0.2, 0.25) is 0 Å². The first kappa shape index (κ1) is 18.4. The molecule has 2 aromatic carbocycles. The molecule has 0 bridgehead atoms. The van der Waals surface area contributed by atoms with Crippen molar-refractivity contribution in [3.63, 3.8) is 0 Å². The van der Waals surface area contributed by atoms with Crippen molar-refractivity contribution >= 4 is 5.82 Å². The highest BCUT2D eigenvalue weighted by atomic mass is 16.5. The molecule has 1 N–H and O–H groups in total. The molecule has 4 aromatic rings. The highest BCUT2D eigenvalue weighted by Gasteiger charge is 2.21. The monoisotopic (exact) mass is 396 g/mol. The molecule has 0 saturated heterocycles. The second kappa shape index (κ2) is 8.41. The second-order valence-corrected chi connectivity index (χ2v) is 7.48. The molecule has 5 rings (SSSR count). The summed E-state index contributed by atoms with van der Waals surface area (Å²) in [6.45, 7) is 1.52. The normalized spacial score (nSPS) is 13.2. The Bertz CT molecular complexity index is 1110. The number of hydrogen-bond acceptors (Lipinski definition) is 4. The molecule has 0 amide bonds. The first-order valence-corrected chi connectivity index (χ1v) is 10.4. The van der Waals surface area contributed by atoms with Crippen molar-refractivity contribution in [1.29, 1.82) is 0 Å². The van der Waals surface area contributed by atoms with E-state index in [0.29, 0.717) is 6.61 Å². The highest BCUT2D eigenvalue weighted by molar-refractivity contribution is 5.70. The van der Waals surface area contributed by atoms with Gasteiger partial charge in [0.15, 0.2) is 0 Å². The molecule has 0 spiro atoms. The molecule has 0 saturated carbocycles. The molecule has 2 aromatic heterocycles. The third-order valence-electron chi connectivity index (χ3n) is 5.39. The Labute approximate surface area is 176 Å². The largest absolute Gasteiger partial charge is 0.489 e. The van der Waals surface area contributed by atoms with E-state index in [1.165, 1.54) is 5.56 Å². The van der Waals surface area contributed by atoms with Crippen LogP contribution in [0.25, 0.3) is 16.9 Å². The van der Waals surface area contributed by atoms with Gasteiger partial charge in [0.25, 0.3) is 0 Å². The van der Waals surface area contributed by atoms with Crippen LogP contribution in [0.4, 0.5) is 5.82 Å². The van der Waals surface area contributed by atoms with Gasteiger partial charge in [-0.3, -0.25) is 4.98 Å². The van der Waals surface area contributed by atoms with E-state index in [0.717, 1.165) is 59.9 Å². The number of fused-ring (bicyclic) bond motifs is 1. The van der Waals surface area contributed by atoms with E-state index in [1.807, 2.05) is 47.3 Å². The van der Waals surface area contributed by atoms with Crippen molar-refractivity contribution in [1.82, 2.24) is 14.8 Å². The standard InChI is InChI=1S/C25H24N4O/c1-2-7-19(8-3-1)18-30-22-13-11-21(12-14-22)29-25-23(10-4-5-16-27-25)24(28-29)20-9-6-15-26-17-20/h1-3,6-9,11-15,17,27H,4-5,10,16,18H2. The second-order valence-electron chi connectivity index (χ2n) is 7.48. The lowest BCUT2D eigenvalue weighted by Crippen LogP contribution is -2.07. The van der Waals surface area contributed by atoms with Crippen LogP contribution in [0.5, 0.6) is 5.75 Å². The lowest BCUT2D eigenvalue weighted by atomic mass is 10.1. The van der Waals surface area contributed by atoms with Crippen LogP contribution in [-0.2, 0) is 13.0 Å². The molecule has 5 nitrogen and oxygen atoms in total. The van der Waals surface area contributed by atoms with E-state index in [2.05, 4.69) is 40.6 Å². The predicted molar refractivity (Wildman–Crippen MR) is 119 cm³/mol. The molecule has 3 heterocycles. The van der Waals surface area contributed by atoms with Crippen LogP contribution < -0.4 is 10.1 Å². The van der Waals surface area contributed by atoms with Crippen LogP contribution in [0.3, 0.4) is 0 Å². The van der Waals surface area contributed by atoms with Crippen LogP contribution in [0.15, 0.2) is 79.1 Å². The SMILES string of the molecule is c1ccc(COc2ccc(-n3nc(-c4cccnc4)c4c3NCCCC4)cc2)cc1. The summed E-state index contributed by atoms with van der Waals surface area (Å²) in [7, 11) is 0. The third-order valence-corrected chi connectivity index (χ3v) is 5.39. The summed E-state index contributed by atoms with van der Waals surface area (Å²) >= 11 is 0. The molecule has 0 aliphatic carbocycles. The van der Waals surface area contributed by atoms with Crippen LogP contribution >= 0.6 is 0 Å². The fraction of sp³-hybridized carbons (Fsp3) is 0.200. The van der Waals surface area contributed by atoms with Crippen molar-refractivity contribution in [3.8, 4) is 22.7 Å². The summed E-state index contributed by atoms with van der Waals surface area (Å²) in [6.07, 6.45) is 7.02. The van der Waals surface area contributed by atoms with Crippen molar-refractivity contribution in [3.05, 3.63) is 90.3 Å². The number of ether oxygens (including phenoxy) is 1. The fourth-order valence-corrected chi connectivity index (χ4v) is 3.85. The van der Waals surface area contributed by atoms with Gasteiger partial charge in [-0.15, -0.1) is 0 Å². The maximum Gasteiger partial charge on any atom is 0.133 e. The lowest BCUT2D eigenvalue weighted by Gasteiger charge is -2.11. The maximum atomic E-state index is 5.94. The Morgan fingerprint density at radius 3 is 2.60 bits per heavy atom. The summed E-state index contributed by atoms with van der Waals surface area (Å²) in [5.74, 6) is 1.94. The van der Waals surface area contributed by atoms with E-state index in [1.54, 1.807) is 6.20 Å². The average Bonchev–Trinajstić information content (AvgIpc) is 3.00. The number of aromatic nitrogens is 3. The Balaban J connectivity index is 1.44. The number of hydrogen-bond donors (Lipinski definition) is 1. The van der Waals surface area contributed by atoms with Crippen molar-refractivity contribution in [2.45, 2.75) is 25.9 Å². The Hall–Kier alpha value is -3.60. The quantitative estimate of drug-likeness (QED) is 0.500. The molecule has 0 unspecified atom stereocenters. The fourth-order valence-electron chi connectivity index (χ4n) is 3.85. The van der Waals surface area contributed by atoms with Crippen molar-refractivity contribution < 1.29 is 4.74 Å². The van der Waals surface area contributed by atoms with Crippen LogP contribution in [0.1, 0.15) is 24.0 Å². The summed E-state index contributed by atoms with van der Waals surface area (Å²) in [6, 6.07) is 22.4. The van der Waals surface area contributed by atoms with Gasteiger partial charge in [0.05, 0.1) is 11.4 Å². The number of nitrogens with one attached hydrogen (secondary N) is 1. The summed E-state index contributed by atoms with van der Waals surface area (Å²) in [5, 5.41) is 8.56. The third kappa shape index (κ3) is 3.79. The van der Waals surface area contributed by atoms with E-state index < -0.39 is 0 Å². The van der Waals surface area contributed by atoms with E-state index in [4.69, 9.17) is 9.84 Å². The molecule has 1 aliphatic rings. The number of rotatable bonds is 5. The van der Waals surface area contributed by atoms with E-state index >= 15 is 0 Å². The topological polar surface area (TPSA) is 52.0 Å². The summed E-state index contributed by atoms with van der Waals surface area (Å²) in [4.78, 5) is 4.29. The minimum absolute atomic E-state index is 0.560. The van der Waals surface area contributed by atoms with Gasteiger partial charge in [-0.05, 0) is 61.2 Å². The minimum atomic E-state index is 0.560. The Morgan fingerprint density at radius 1 is 0.933 bits per heavy atom. The van der Waals surface area contributed by atoms with E-state index in [9.17, 15) is 0 Å². The first-order valence-electron chi connectivity index (χ1n) is 10.4. The van der Waals surface area contributed by atoms with Gasteiger partial charge >= 0.3 is 0 Å². The molecular formula is C25H24N4O. The zero-order valence-corrected chi connectivity index (χ0v) is 16.8. The zero-order chi connectivity index (χ0) is 20.2. The zero-order valence-electron chi connectivity index (χ0n) is 16.8. The highest BCUT2D eigenvalue weighted by Crippen LogP contribution is 2.34. The smallest absolute Gasteiger partial charge is 0.133 e. The molecule has 30 heavy (non-hydrogen) atoms. The van der Waals surface area contributed by atoms with Crippen molar-refractivity contribution in [2.24, 2.45) is 0 Å². The van der Waals surface area contributed by atoms with Crippen LogP contribution in [0, 0.1) is 0 Å². The molecule has 0 fully saturated rings. The Morgan fingerprint density at radius 2 is 1.80 bits per heavy atom. The number of anilines is 1. The molecular weight excluding hydrogens is 372 g/mol. The van der Waals surface area contributed by atoms with Gasteiger partial charge in [0.2, 0.25) is 0 Å². The predicted octanol–water partition coefficient (Wildman–Crippen LogP) is 5.26. The lowest BCUT2D eigenvalue weighted by molar-refractivity contribution is 0.306. The van der Waals surface area contributed by atoms with Gasteiger partial charge < -0.3 is 10.1 Å². The molecule has 5 heteroatoms. The van der Waals surface area contributed by atoms with Crippen LogP contribution in [-0.4, -0.2) is 21.3 Å². The average molecular weight is 396 g/mol. The number of benzene rings is 2. The van der Waals surface area contributed by atoms with Gasteiger partial charge in [0, 0.05) is 30.1 Å². The molecule has 1 aliphatic heterocycles. The Kier molecular flexibility index (Phi) is 5.17.